The van der Waals surface area contributed by atoms with Gasteiger partial charge < -0.3 is 5.32 Å². The molecule has 5 nitrogen and oxygen atoms in total. The summed E-state index contributed by atoms with van der Waals surface area (Å²) in [6.07, 6.45) is 3.19. The molecule has 2 N–H and O–H groups in total. The van der Waals surface area contributed by atoms with E-state index in [0.29, 0.717) is 13.0 Å². The monoisotopic (exact) mass is 350 g/mol. The maximum absolute atomic E-state index is 12.1. The first-order valence-electron chi connectivity index (χ1n) is 6.77. The maximum atomic E-state index is 12.1. The Labute approximate surface area is 135 Å². The smallest absolute Gasteiger partial charge is 0.238 e. The van der Waals surface area contributed by atoms with Gasteiger partial charge in [0.2, 0.25) is 15.9 Å². The van der Waals surface area contributed by atoms with Crippen LogP contribution in [0.2, 0.25) is 0 Å². The number of hydrogen-bond acceptors (Lipinski definition) is 5. The number of rotatable bonds is 10. The highest BCUT2D eigenvalue weighted by molar-refractivity contribution is 7.98. The predicted molar refractivity (Wildman–Crippen MR) is 90.4 cm³/mol. The molecule has 0 spiro atoms. The van der Waals surface area contributed by atoms with Crippen LogP contribution in [0.25, 0.3) is 0 Å². The quantitative estimate of drug-likeness (QED) is 0.670. The molecule has 1 unspecified atom stereocenters. The van der Waals surface area contributed by atoms with Crippen molar-refractivity contribution >= 4 is 39.0 Å². The fraction of sp³-hybridized carbons (Fsp3) is 0.615. The van der Waals surface area contributed by atoms with Gasteiger partial charge in [-0.25, -0.2) is 13.1 Å². The second-order valence-corrected chi connectivity index (χ2v) is 8.54. The van der Waals surface area contributed by atoms with E-state index >= 15 is 0 Å². The normalized spacial score (nSPS) is 13.0. The van der Waals surface area contributed by atoms with Gasteiger partial charge in [-0.3, -0.25) is 4.79 Å². The van der Waals surface area contributed by atoms with Crippen LogP contribution >= 0.6 is 23.1 Å². The van der Waals surface area contributed by atoms with E-state index in [0.717, 1.165) is 12.2 Å². The SMILES string of the molecule is CCS(=O)(=O)NC(CCSC)C(=O)NCCc1cccs1. The Balaban J connectivity index is 2.49. The van der Waals surface area contributed by atoms with Gasteiger partial charge >= 0.3 is 0 Å². The number of hydrogen-bond donors (Lipinski definition) is 2. The highest BCUT2D eigenvalue weighted by Gasteiger charge is 2.22. The van der Waals surface area contributed by atoms with Crippen molar-refractivity contribution in [3.05, 3.63) is 22.4 Å². The highest BCUT2D eigenvalue weighted by Crippen LogP contribution is 2.08. The lowest BCUT2D eigenvalue weighted by Crippen LogP contribution is -2.47. The predicted octanol–water partition coefficient (Wildman–Crippen LogP) is 1.47. The summed E-state index contributed by atoms with van der Waals surface area (Å²) in [4.78, 5) is 13.3. The zero-order valence-corrected chi connectivity index (χ0v) is 14.7. The Hall–Kier alpha value is -0.570. The summed E-state index contributed by atoms with van der Waals surface area (Å²) in [5, 5.41) is 4.80. The minimum Gasteiger partial charge on any atom is -0.354 e. The molecule has 1 rings (SSSR count). The largest absolute Gasteiger partial charge is 0.354 e. The average molecular weight is 351 g/mol. The number of nitrogens with one attached hydrogen (secondary N) is 2. The van der Waals surface area contributed by atoms with Gasteiger partial charge in [0.25, 0.3) is 0 Å². The number of thiophene rings is 1. The second kappa shape index (κ2) is 9.45. The van der Waals surface area contributed by atoms with Gasteiger partial charge in [0, 0.05) is 11.4 Å². The van der Waals surface area contributed by atoms with Gasteiger partial charge in [0.1, 0.15) is 6.04 Å². The Kier molecular flexibility index (Phi) is 8.31. The van der Waals surface area contributed by atoms with Crippen molar-refractivity contribution in [1.29, 1.82) is 0 Å². The van der Waals surface area contributed by atoms with E-state index in [4.69, 9.17) is 0 Å². The molecule has 1 heterocycles. The first kappa shape index (κ1) is 18.5. The molecule has 120 valence electrons. The molecule has 0 fully saturated rings. The summed E-state index contributed by atoms with van der Waals surface area (Å²) in [5.74, 6) is 0.457. The van der Waals surface area contributed by atoms with E-state index in [1.807, 2.05) is 23.8 Å². The molecular formula is C13H22N2O3S3. The number of sulfonamides is 1. The van der Waals surface area contributed by atoms with Crippen LogP contribution in [0.3, 0.4) is 0 Å². The molecule has 0 aliphatic rings. The molecule has 0 aliphatic carbocycles. The molecule has 1 amide bonds. The summed E-state index contributed by atoms with van der Waals surface area (Å²) >= 11 is 3.23. The Morgan fingerprint density at radius 2 is 2.24 bits per heavy atom. The third-order valence-electron chi connectivity index (χ3n) is 2.88. The van der Waals surface area contributed by atoms with Crippen molar-refractivity contribution in [2.24, 2.45) is 0 Å². The van der Waals surface area contributed by atoms with Gasteiger partial charge in [-0.1, -0.05) is 6.07 Å². The van der Waals surface area contributed by atoms with Crippen LogP contribution in [0.15, 0.2) is 17.5 Å². The van der Waals surface area contributed by atoms with Crippen LogP contribution in [-0.4, -0.2) is 44.7 Å². The van der Waals surface area contributed by atoms with E-state index in [2.05, 4.69) is 10.0 Å². The molecule has 0 aromatic carbocycles. The Bertz CT molecular complexity index is 515. The second-order valence-electron chi connectivity index (χ2n) is 4.48. The van der Waals surface area contributed by atoms with Crippen molar-refractivity contribution in [2.45, 2.75) is 25.8 Å². The van der Waals surface area contributed by atoms with Gasteiger partial charge in [-0.05, 0) is 43.2 Å². The van der Waals surface area contributed by atoms with Crippen molar-refractivity contribution in [2.75, 3.05) is 24.3 Å². The maximum Gasteiger partial charge on any atom is 0.238 e. The number of carbonyl (C=O) groups excluding carboxylic acids is 1. The summed E-state index contributed by atoms with van der Waals surface area (Å²) in [7, 11) is -3.38. The molecule has 8 heteroatoms. The van der Waals surface area contributed by atoms with Gasteiger partial charge in [-0.15, -0.1) is 11.3 Å². The fourth-order valence-electron chi connectivity index (χ4n) is 1.67. The van der Waals surface area contributed by atoms with Gasteiger partial charge in [0.15, 0.2) is 0 Å². The standard InChI is InChI=1S/C13H22N2O3S3/c1-3-21(17,18)15-12(7-10-19-2)13(16)14-8-6-11-5-4-9-20-11/h4-5,9,12,15H,3,6-8,10H2,1-2H3,(H,14,16). The molecule has 0 aliphatic heterocycles. The molecule has 21 heavy (non-hydrogen) atoms. The average Bonchev–Trinajstić information content (AvgIpc) is 2.96. The third kappa shape index (κ3) is 7.30. The molecule has 0 radical (unpaired) electrons. The summed E-state index contributed by atoms with van der Waals surface area (Å²) in [6.45, 7) is 2.08. The van der Waals surface area contributed by atoms with Crippen LogP contribution in [0, 0.1) is 0 Å². The lowest BCUT2D eigenvalue weighted by Gasteiger charge is -2.17. The molecule has 0 bridgehead atoms. The number of thioether (sulfide) groups is 1. The molecule has 0 saturated carbocycles. The summed E-state index contributed by atoms with van der Waals surface area (Å²) < 4.78 is 25.8. The zero-order chi connectivity index (χ0) is 15.7. The number of carbonyl (C=O) groups is 1. The van der Waals surface area contributed by atoms with E-state index in [1.54, 1.807) is 30.0 Å². The topological polar surface area (TPSA) is 75.3 Å². The van der Waals surface area contributed by atoms with Crippen molar-refractivity contribution < 1.29 is 13.2 Å². The molecule has 1 aromatic rings. The Morgan fingerprint density at radius 1 is 1.48 bits per heavy atom. The van der Waals surface area contributed by atoms with Gasteiger partial charge in [-0.2, -0.15) is 11.8 Å². The van der Waals surface area contributed by atoms with Crippen molar-refractivity contribution in [3.8, 4) is 0 Å². The third-order valence-corrected chi connectivity index (χ3v) is 5.86. The van der Waals surface area contributed by atoms with E-state index < -0.39 is 16.1 Å². The summed E-state index contributed by atoms with van der Waals surface area (Å²) in [6, 6.07) is 3.30. The van der Waals surface area contributed by atoms with Crippen molar-refractivity contribution in [3.63, 3.8) is 0 Å². The molecule has 0 saturated heterocycles. The first-order chi connectivity index (χ1) is 9.98. The minimum absolute atomic E-state index is 0.0226. The Morgan fingerprint density at radius 3 is 2.81 bits per heavy atom. The van der Waals surface area contributed by atoms with Crippen LogP contribution < -0.4 is 10.0 Å². The van der Waals surface area contributed by atoms with E-state index in [1.165, 1.54) is 4.88 Å². The molecule has 1 atom stereocenters. The van der Waals surface area contributed by atoms with Crippen molar-refractivity contribution in [1.82, 2.24) is 10.0 Å². The van der Waals surface area contributed by atoms with Crippen LogP contribution in [0.1, 0.15) is 18.2 Å². The lowest BCUT2D eigenvalue weighted by molar-refractivity contribution is -0.122. The molecule has 1 aromatic heterocycles. The van der Waals surface area contributed by atoms with E-state index in [9.17, 15) is 13.2 Å². The summed E-state index contributed by atoms with van der Waals surface area (Å²) in [5.41, 5.74) is 0. The zero-order valence-electron chi connectivity index (χ0n) is 12.3. The van der Waals surface area contributed by atoms with E-state index in [-0.39, 0.29) is 11.7 Å². The lowest BCUT2D eigenvalue weighted by atomic mass is 10.2. The fourth-order valence-corrected chi connectivity index (χ4v) is 3.67. The van der Waals surface area contributed by atoms with Crippen LogP contribution in [-0.2, 0) is 21.2 Å². The van der Waals surface area contributed by atoms with Crippen LogP contribution in [0.4, 0.5) is 0 Å². The molecular weight excluding hydrogens is 328 g/mol. The minimum atomic E-state index is -3.38. The van der Waals surface area contributed by atoms with Crippen LogP contribution in [0.5, 0.6) is 0 Å². The highest BCUT2D eigenvalue weighted by atomic mass is 32.2. The van der Waals surface area contributed by atoms with Gasteiger partial charge in [0.05, 0.1) is 5.75 Å². The number of amides is 1. The first-order valence-corrected chi connectivity index (χ1v) is 10.7.